The molecule has 0 unspecified atom stereocenters. The molecule has 0 aliphatic rings. The molecule has 0 heterocycles. The maximum absolute atomic E-state index is 13.6. The molecule has 0 saturated carbocycles. The van der Waals surface area contributed by atoms with E-state index in [9.17, 15) is 14.0 Å². The van der Waals surface area contributed by atoms with Crippen LogP contribution in [0.1, 0.15) is 62.2 Å². The predicted molar refractivity (Wildman–Crippen MR) is 80.0 cm³/mol. The molecule has 5 heteroatoms. The van der Waals surface area contributed by atoms with Crippen molar-refractivity contribution in [3.63, 3.8) is 0 Å². The molecule has 1 rings (SSSR count). The molecule has 0 aliphatic carbocycles. The van der Waals surface area contributed by atoms with Crippen LogP contribution in [0.2, 0.25) is 0 Å². The van der Waals surface area contributed by atoms with Crippen molar-refractivity contribution in [1.29, 1.82) is 0 Å². The molecule has 21 heavy (non-hydrogen) atoms. The zero-order valence-electron chi connectivity index (χ0n) is 12.3. The van der Waals surface area contributed by atoms with Crippen LogP contribution in [-0.4, -0.2) is 17.0 Å². The minimum absolute atomic E-state index is 0.0241. The van der Waals surface area contributed by atoms with Gasteiger partial charge in [0.1, 0.15) is 5.82 Å². The van der Waals surface area contributed by atoms with Crippen LogP contribution in [0.5, 0.6) is 0 Å². The minimum Gasteiger partial charge on any atom is -0.478 e. The minimum atomic E-state index is -1.20. The summed E-state index contributed by atoms with van der Waals surface area (Å²) in [6.07, 6.45) is 6.83. The van der Waals surface area contributed by atoms with Gasteiger partial charge in [-0.15, -0.1) is 0 Å². The molecule has 0 saturated heterocycles. The summed E-state index contributed by atoms with van der Waals surface area (Å²) in [4.78, 5) is 22.4. The first-order chi connectivity index (χ1) is 10.0. The van der Waals surface area contributed by atoms with Crippen molar-refractivity contribution < 1.29 is 19.1 Å². The van der Waals surface area contributed by atoms with Gasteiger partial charge in [0, 0.05) is 6.42 Å². The lowest BCUT2D eigenvalue weighted by Gasteiger charge is -2.07. The smallest absolute Gasteiger partial charge is 0.335 e. The van der Waals surface area contributed by atoms with Gasteiger partial charge in [-0.25, -0.2) is 9.18 Å². The number of carboxylic acids is 1. The van der Waals surface area contributed by atoms with Crippen LogP contribution in [-0.2, 0) is 4.79 Å². The van der Waals surface area contributed by atoms with Crippen LogP contribution in [0.4, 0.5) is 10.1 Å². The number of carboxylic acid groups (broad SMARTS) is 1. The van der Waals surface area contributed by atoms with Crippen molar-refractivity contribution in [2.24, 2.45) is 0 Å². The summed E-state index contributed by atoms with van der Waals surface area (Å²) in [6.45, 7) is 2.15. The van der Waals surface area contributed by atoms with E-state index in [4.69, 9.17) is 5.11 Å². The fourth-order valence-electron chi connectivity index (χ4n) is 2.03. The molecule has 0 atom stereocenters. The van der Waals surface area contributed by atoms with Crippen LogP contribution in [0, 0.1) is 5.82 Å². The fourth-order valence-corrected chi connectivity index (χ4v) is 2.03. The molecular weight excluding hydrogens is 273 g/mol. The highest BCUT2D eigenvalue weighted by atomic mass is 19.1. The first kappa shape index (κ1) is 17.1. The Hall–Kier alpha value is -1.91. The number of carbonyl (C=O) groups excluding carboxylic acids is 1. The van der Waals surface area contributed by atoms with Crippen LogP contribution >= 0.6 is 0 Å². The molecule has 0 aliphatic heterocycles. The molecule has 116 valence electrons. The molecule has 0 radical (unpaired) electrons. The zero-order valence-corrected chi connectivity index (χ0v) is 12.3. The van der Waals surface area contributed by atoms with Crippen LogP contribution in [0.25, 0.3) is 0 Å². The Morgan fingerprint density at radius 3 is 2.43 bits per heavy atom. The third-order valence-electron chi connectivity index (χ3n) is 3.25. The molecule has 0 bridgehead atoms. The van der Waals surface area contributed by atoms with Crippen LogP contribution < -0.4 is 5.32 Å². The van der Waals surface area contributed by atoms with Gasteiger partial charge in [0.2, 0.25) is 5.91 Å². The number of benzene rings is 1. The van der Waals surface area contributed by atoms with E-state index in [1.165, 1.54) is 31.4 Å². The molecule has 1 aromatic carbocycles. The maximum Gasteiger partial charge on any atom is 0.335 e. The number of hydrogen-bond donors (Lipinski definition) is 2. The van der Waals surface area contributed by atoms with E-state index in [1.807, 2.05) is 0 Å². The summed E-state index contributed by atoms with van der Waals surface area (Å²) in [5, 5.41) is 11.2. The Bertz CT molecular complexity index is 488. The predicted octanol–water partition coefficient (Wildman–Crippen LogP) is 4.21. The van der Waals surface area contributed by atoms with Gasteiger partial charge in [-0.3, -0.25) is 4.79 Å². The van der Waals surface area contributed by atoms with E-state index in [1.54, 1.807) is 0 Å². The molecule has 0 fully saturated rings. The number of amides is 1. The summed E-state index contributed by atoms with van der Waals surface area (Å²) in [5.74, 6) is -2.17. The number of carbonyl (C=O) groups is 2. The molecule has 2 N–H and O–H groups in total. The van der Waals surface area contributed by atoms with E-state index in [0.717, 1.165) is 25.3 Å². The van der Waals surface area contributed by atoms with Gasteiger partial charge in [0.15, 0.2) is 0 Å². The van der Waals surface area contributed by atoms with E-state index >= 15 is 0 Å². The van der Waals surface area contributed by atoms with Gasteiger partial charge in [-0.05, 0) is 24.6 Å². The topological polar surface area (TPSA) is 66.4 Å². The summed E-state index contributed by atoms with van der Waals surface area (Å²) in [6, 6.07) is 3.45. The van der Waals surface area contributed by atoms with Gasteiger partial charge in [0.25, 0.3) is 0 Å². The highest BCUT2D eigenvalue weighted by Crippen LogP contribution is 2.16. The molecule has 4 nitrogen and oxygen atoms in total. The summed E-state index contributed by atoms with van der Waals surface area (Å²) in [5.41, 5.74) is -0.114. The summed E-state index contributed by atoms with van der Waals surface area (Å²) >= 11 is 0. The van der Waals surface area contributed by atoms with Crippen molar-refractivity contribution >= 4 is 17.6 Å². The number of rotatable bonds is 9. The van der Waals surface area contributed by atoms with Gasteiger partial charge < -0.3 is 10.4 Å². The van der Waals surface area contributed by atoms with Crippen molar-refractivity contribution in [2.75, 3.05) is 5.32 Å². The number of aromatic carboxylic acids is 1. The highest BCUT2D eigenvalue weighted by molar-refractivity contribution is 5.92. The molecule has 0 spiro atoms. The lowest BCUT2D eigenvalue weighted by atomic mass is 10.1. The first-order valence-corrected chi connectivity index (χ1v) is 7.37. The maximum atomic E-state index is 13.6. The Labute approximate surface area is 124 Å². The average Bonchev–Trinajstić information content (AvgIpc) is 2.44. The number of unbranched alkanes of at least 4 members (excludes halogenated alkanes) is 5. The van der Waals surface area contributed by atoms with Crippen molar-refractivity contribution in [3.8, 4) is 0 Å². The van der Waals surface area contributed by atoms with Gasteiger partial charge in [-0.2, -0.15) is 0 Å². The molecule has 1 amide bonds. The van der Waals surface area contributed by atoms with E-state index in [0.29, 0.717) is 6.42 Å². The quantitative estimate of drug-likeness (QED) is 0.670. The second kappa shape index (κ2) is 9.10. The van der Waals surface area contributed by atoms with E-state index in [2.05, 4.69) is 12.2 Å². The van der Waals surface area contributed by atoms with Crippen molar-refractivity contribution in [3.05, 3.63) is 29.6 Å². The van der Waals surface area contributed by atoms with Crippen LogP contribution in [0.15, 0.2) is 18.2 Å². The summed E-state index contributed by atoms with van der Waals surface area (Å²) in [7, 11) is 0. The van der Waals surface area contributed by atoms with E-state index in [-0.39, 0.29) is 17.2 Å². The van der Waals surface area contributed by atoms with Gasteiger partial charge in [0.05, 0.1) is 11.3 Å². The lowest BCUT2D eigenvalue weighted by molar-refractivity contribution is -0.116. The Kier molecular flexibility index (Phi) is 7.43. The Morgan fingerprint density at radius 1 is 1.14 bits per heavy atom. The Morgan fingerprint density at radius 2 is 1.81 bits per heavy atom. The number of nitrogens with one attached hydrogen (secondary N) is 1. The summed E-state index contributed by atoms with van der Waals surface area (Å²) < 4.78 is 13.6. The second-order valence-corrected chi connectivity index (χ2v) is 5.07. The fraction of sp³-hybridized carbons (Fsp3) is 0.500. The number of hydrogen-bond acceptors (Lipinski definition) is 2. The largest absolute Gasteiger partial charge is 0.478 e. The SMILES string of the molecule is CCCCCCCCC(=O)Nc1ccc(C(=O)O)cc1F. The Balaban J connectivity index is 2.36. The standard InChI is InChI=1S/C16H22FNO3/c1-2-3-4-5-6-7-8-15(19)18-14-10-9-12(16(20)21)11-13(14)17/h9-11H,2-8H2,1H3,(H,18,19)(H,20,21). The van der Waals surface area contributed by atoms with Crippen LogP contribution in [0.3, 0.4) is 0 Å². The highest BCUT2D eigenvalue weighted by Gasteiger charge is 2.10. The van der Waals surface area contributed by atoms with Crippen molar-refractivity contribution in [1.82, 2.24) is 0 Å². The van der Waals surface area contributed by atoms with E-state index < -0.39 is 11.8 Å². The number of halogens is 1. The van der Waals surface area contributed by atoms with Gasteiger partial charge in [-0.1, -0.05) is 39.0 Å². The lowest BCUT2D eigenvalue weighted by Crippen LogP contribution is -2.12. The second-order valence-electron chi connectivity index (χ2n) is 5.07. The van der Waals surface area contributed by atoms with Gasteiger partial charge >= 0.3 is 5.97 Å². The molecule has 1 aromatic rings. The monoisotopic (exact) mass is 295 g/mol. The third-order valence-corrected chi connectivity index (χ3v) is 3.25. The molecule has 0 aromatic heterocycles. The zero-order chi connectivity index (χ0) is 15.7. The number of anilines is 1. The van der Waals surface area contributed by atoms with Crippen molar-refractivity contribution in [2.45, 2.75) is 51.9 Å². The normalized spacial score (nSPS) is 10.4. The average molecular weight is 295 g/mol. The first-order valence-electron chi connectivity index (χ1n) is 7.37. The third kappa shape index (κ3) is 6.38. The molecular formula is C16H22FNO3.